The zero-order chi connectivity index (χ0) is 11.8. The molecule has 2 atom stereocenters. The molecule has 1 saturated carbocycles. The standard InChI is InChI=1S/C14H19NO/c1-10(2)11-7-12(5-4-6-16)14(15-3)9-13(14)8-11/h4-8,10,13,15H,9H2,1-3H3/b5-4-. The third-order valence-electron chi connectivity index (χ3n) is 3.71. The molecule has 0 amide bonds. The summed E-state index contributed by atoms with van der Waals surface area (Å²) in [6.07, 6.45) is 10.1. The first-order valence-electron chi connectivity index (χ1n) is 5.88. The van der Waals surface area contributed by atoms with Crippen molar-refractivity contribution in [1.29, 1.82) is 0 Å². The van der Waals surface area contributed by atoms with E-state index < -0.39 is 0 Å². The summed E-state index contributed by atoms with van der Waals surface area (Å²) in [6, 6.07) is 0. The lowest BCUT2D eigenvalue weighted by Gasteiger charge is -2.23. The molecule has 0 bridgehead atoms. The van der Waals surface area contributed by atoms with E-state index in [1.807, 2.05) is 13.1 Å². The van der Waals surface area contributed by atoms with E-state index in [4.69, 9.17) is 0 Å². The number of nitrogens with one attached hydrogen (secondary N) is 1. The van der Waals surface area contributed by atoms with Crippen LogP contribution in [0.3, 0.4) is 0 Å². The predicted octanol–water partition coefficient (Wildman–Crippen LogP) is 2.24. The van der Waals surface area contributed by atoms with Gasteiger partial charge in [0.15, 0.2) is 0 Å². The Kier molecular flexibility index (Phi) is 2.85. The number of aldehydes is 1. The van der Waals surface area contributed by atoms with Crippen molar-refractivity contribution in [3.63, 3.8) is 0 Å². The molecule has 16 heavy (non-hydrogen) atoms. The molecule has 2 nitrogen and oxygen atoms in total. The minimum Gasteiger partial charge on any atom is -0.310 e. The van der Waals surface area contributed by atoms with Crippen LogP contribution in [0.2, 0.25) is 0 Å². The smallest absolute Gasteiger partial charge is 0.142 e. The molecule has 2 aliphatic carbocycles. The normalized spacial score (nSPS) is 32.4. The van der Waals surface area contributed by atoms with Crippen LogP contribution in [0.1, 0.15) is 20.3 Å². The third kappa shape index (κ3) is 1.67. The van der Waals surface area contributed by atoms with Crippen LogP contribution in [-0.2, 0) is 4.79 Å². The van der Waals surface area contributed by atoms with Crippen molar-refractivity contribution in [3.05, 3.63) is 35.5 Å². The van der Waals surface area contributed by atoms with Crippen molar-refractivity contribution in [1.82, 2.24) is 5.32 Å². The third-order valence-corrected chi connectivity index (χ3v) is 3.71. The number of likely N-dealkylation sites (N-methyl/N-ethyl adjacent to an activating group) is 1. The fraction of sp³-hybridized carbons (Fsp3) is 0.500. The fourth-order valence-corrected chi connectivity index (χ4v) is 2.54. The van der Waals surface area contributed by atoms with Gasteiger partial charge in [0, 0.05) is 5.92 Å². The quantitative estimate of drug-likeness (QED) is 0.578. The zero-order valence-corrected chi connectivity index (χ0v) is 10.2. The van der Waals surface area contributed by atoms with Gasteiger partial charge in [-0.1, -0.05) is 32.1 Å². The van der Waals surface area contributed by atoms with E-state index in [2.05, 4.69) is 31.3 Å². The van der Waals surface area contributed by atoms with Gasteiger partial charge in [-0.3, -0.25) is 4.79 Å². The largest absolute Gasteiger partial charge is 0.310 e. The molecule has 86 valence electrons. The molecule has 1 fully saturated rings. The highest BCUT2D eigenvalue weighted by Gasteiger charge is 2.55. The minimum atomic E-state index is 0.109. The van der Waals surface area contributed by atoms with Crippen molar-refractivity contribution in [2.75, 3.05) is 7.05 Å². The molecule has 0 aromatic heterocycles. The number of carbonyl (C=O) groups excluding carboxylic acids is 1. The van der Waals surface area contributed by atoms with E-state index >= 15 is 0 Å². The van der Waals surface area contributed by atoms with Crippen LogP contribution in [0.25, 0.3) is 0 Å². The van der Waals surface area contributed by atoms with Crippen molar-refractivity contribution >= 4 is 6.29 Å². The van der Waals surface area contributed by atoms with E-state index in [-0.39, 0.29) is 5.54 Å². The second-order valence-electron chi connectivity index (χ2n) is 4.95. The first-order chi connectivity index (χ1) is 7.64. The Morgan fingerprint density at radius 2 is 2.31 bits per heavy atom. The van der Waals surface area contributed by atoms with Crippen molar-refractivity contribution in [2.45, 2.75) is 25.8 Å². The summed E-state index contributed by atoms with van der Waals surface area (Å²) < 4.78 is 0. The van der Waals surface area contributed by atoms with Gasteiger partial charge < -0.3 is 5.32 Å². The Labute approximate surface area is 97.1 Å². The lowest BCUT2D eigenvalue weighted by Crippen LogP contribution is -2.33. The molecule has 2 rings (SSSR count). The fourth-order valence-electron chi connectivity index (χ4n) is 2.54. The number of hydrogen-bond acceptors (Lipinski definition) is 2. The Bertz CT molecular complexity index is 390. The topological polar surface area (TPSA) is 29.1 Å². The molecule has 0 saturated heterocycles. The number of fused-ring (bicyclic) bond motifs is 1. The molecule has 0 spiro atoms. The van der Waals surface area contributed by atoms with E-state index in [1.54, 1.807) is 6.08 Å². The molecule has 0 radical (unpaired) electrons. The molecule has 0 aliphatic heterocycles. The van der Waals surface area contributed by atoms with Gasteiger partial charge in [0.05, 0.1) is 5.54 Å². The Balaban J connectivity index is 2.32. The van der Waals surface area contributed by atoms with Crippen LogP contribution in [-0.4, -0.2) is 18.9 Å². The monoisotopic (exact) mass is 217 g/mol. The summed E-state index contributed by atoms with van der Waals surface area (Å²) in [6.45, 7) is 4.41. The Morgan fingerprint density at radius 3 is 2.88 bits per heavy atom. The van der Waals surface area contributed by atoms with E-state index in [0.717, 1.165) is 12.7 Å². The molecule has 2 aliphatic rings. The average molecular weight is 217 g/mol. The van der Waals surface area contributed by atoms with Gasteiger partial charge in [-0.2, -0.15) is 0 Å². The highest BCUT2D eigenvalue weighted by molar-refractivity contribution is 5.67. The second kappa shape index (κ2) is 4.02. The molecular formula is C14H19NO. The maximum atomic E-state index is 10.4. The molecule has 0 aromatic rings. The number of allylic oxidation sites excluding steroid dienone is 3. The molecule has 1 N–H and O–H groups in total. The summed E-state index contributed by atoms with van der Waals surface area (Å²) in [7, 11) is 2.00. The summed E-state index contributed by atoms with van der Waals surface area (Å²) in [4.78, 5) is 10.4. The summed E-state index contributed by atoms with van der Waals surface area (Å²) in [5, 5.41) is 3.39. The van der Waals surface area contributed by atoms with Gasteiger partial charge in [0.2, 0.25) is 0 Å². The number of carbonyl (C=O) groups is 1. The highest BCUT2D eigenvalue weighted by Crippen LogP contribution is 2.53. The number of hydrogen-bond donors (Lipinski definition) is 1. The SMILES string of the molecule is CNC12CC1C=C(C(C)C)C=C2/C=C\C=O. The van der Waals surface area contributed by atoms with Gasteiger partial charge in [-0.15, -0.1) is 0 Å². The van der Waals surface area contributed by atoms with Gasteiger partial charge in [0.1, 0.15) is 6.29 Å². The minimum absolute atomic E-state index is 0.109. The van der Waals surface area contributed by atoms with Crippen LogP contribution in [0, 0.1) is 11.8 Å². The van der Waals surface area contributed by atoms with Crippen LogP contribution < -0.4 is 5.32 Å². The molecule has 2 unspecified atom stereocenters. The Morgan fingerprint density at radius 1 is 1.56 bits per heavy atom. The lowest BCUT2D eigenvalue weighted by atomic mass is 9.89. The maximum absolute atomic E-state index is 10.4. The van der Waals surface area contributed by atoms with Gasteiger partial charge in [-0.25, -0.2) is 0 Å². The first kappa shape index (κ1) is 11.3. The Hall–Kier alpha value is -1.15. The summed E-state index contributed by atoms with van der Waals surface area (Å²) >= 11 is 0. The van der Waals surface area contributed by atoms with Gasteiger partial charge in [-0.05, 0) is 36.6 Å². The predicted molar refractivity (Wildman–Crippen MR) is 66.1 cm³/mol. The average Bonchev–Trinajstić information content (AvgIpc) is 3.00. The molecular weight excluding hydrogens is 198 g/mol. The van der Waals surface area contributed by atoms with Crippen LogP contribution >= 0.6 is 0 Å². The zero-order valence-electron chi connectivity index (χ0n) is 10.2. The summed E-state index contributed by atoms with van der Waals surface area (Å²) in [5.41, 5.74) is 2.75. The van der Waals surface area contributed by atoms with Crippen LogP contribution in [0.4, 0.5) is 0 Å². The first-order valence-corrected chi connectivity index (χ1v) is 5.88. The lowest BCUT2D eigenvalue weighted by molar-refractivity contribution is -0.104. The molecule has 0 aromatic carbocycles. The highest BCUT2D eigenvalue weighted by atomic mass is 16.1. The molecule has 0 heterocycles. The van der Waals surface area contributed by atoms with Gasteiger partial charge >= 0.3 is 0 Å². The van der Waals surface area contributed by atoms with Crippen molar-refractivity contribution in [3.8, 4) is 0 Å². The van der Waals surface area contributed by atoms with Crippen LogP contribution in [0.5, 0.6) is 0 Å². The van der Waals surface area contributed by atoms with E-state index in [9.17, 15) is 4.79 Å². The van der Waals surface area contributed by atoms with Crippen LogP contribution in [0.15, 0.2) is 35.5 Å². The molecule has 2 heteroatoms. The van der Waals surface area contributed by atoms with Crippen molar-refractivity contribution in [2.24, 2.45) is 11.8 Å². The van der Waals surface area contributed by atoms with E-state index in [0.29, 0.717) is 11.8 Å². The van der Waals surface area contributed by atoms with Crippen molar-refractivity contribution < 1.29 is 4.79 Å². The maximum Gasteiger partial charge on any atom is 0.142 e. The summed E-state index contributed by atoms with van der Waals surface area (Å²) in [5.74, 6) is 1.15. The van der Waals surface area contributed by atoms with E-state index in [1.165, 1.54) is 11.1 Å². The number of rotatable bonds is 4. The van der Waals surface area contributed by atoms with Gasteiger partial charge in [0.25, 0.3) is 0 Å². The second-order valence-corrected chi connectivity index (χ2v) is 4.95.